The number of hydrogen-bond acceptors (Lipinski definition) is 4. The van der Waals surface area contributed by atoms with Gasteiger partial charge >= 0.3 is 11.7 Å². The molecule has 3 N–H and O–H groups in total. The Bertz CT molecular complexity index is 506. The van der Waals surface area contributed by atoms with Crippen molar-refractivity contribution in [3.05, 3.63) is 38.1 Å². The summed E-state index contributed by atoms with van der Waals surface area (Å²) in [6.07, 6.45) is 1.10. The average molecular weight is 305 g/mol. The largest absolute Gasteiger partial charge is 0.350 e. The van der Waals surface area contributed by atoms with Crippen LogP contribution in [0, 0.1) is 15.9 Å². The number of hydrogen-bond donors (Lipinski definition) is 2. The Morgan fingerprint density at radius 3 is 2.82 bits per heavy atom. The number of carbonyl (C=O) groups is 1. The lowest BCUT2D eigenvalue weighted by Crippen LogP contribution is -2.24. The van der Waals surface area contributed by atoms with E-state index in [0.717, 1.165) is 18.3 Å². The minimum Gasteiger partial charge on any atom is -0.350 e. The maximum absolute atomic E-state index is 13.2. The fourth-order valence-electron chi connectivity index (χ4n) is 0.956. The molecule has 0 saturated heterocycles. The number of nitrogens with two attached hydrogens (primary N) is 1. The van der Waals surface area contributed by atoms with E-state index in [1.54, 1.807) is 0 Å². The highest BCUT2D eigenvalue weighted by Gasteiger charge is 2.16. The van der Waals surface area contributed by atoms with Gasteiger partial charge in [-0.3, -0.25) is 10.1 Å². The lowest BCUT2D eigenvalue weighted by molar-refractivity contribution is -0.387. The maximum Gasteiger partial charge on any atom is 0.332 e. The summed E-state index contributed by atoms with van der Waals surface area (Å²) < 4.78 is 13.5. The molecule has 1 aromatic carbocycles. The summed E-state index contributed by atoms with van der Waals surface area (Å²) in [5, 5.41) is 13.8. The summed E-state index contributed by atoms with van der Waals surface area (Å²) in [7, 11) is 0. The Kier molecular flexibility index (Phi) is 4.10. The van der Waals surface area contributed by atoms with Crippen molar-refractivity contribution in [2.45, 2.75) is 0 Å². The molecule has 0 radical (unpaired) electrons. The van der Waals surface area contributed by atoms with E-state index >= 15 is 0 Å². The average Bonchev–Trinajstić information content (AvgIpc) is 2.21. The lowest BCUT2D eigenvalue weighted by Gasteiger charge is -2.00. The Labute approximate surface area is 103 Å². The minimum atomic E-state index is -1.00. The third kappa shape index (κ3) is 3.48. The SMILES string of the molecule is NC(=O)NN=Cc1cc(F)c([N+](=O)[O-])cc1Br. The van der Waals surface area contributed by atoms with Gasteiger partial charge in [-0.05, 0) is 22.0 Å². The lowest BCUT2D eigenvalue weighted by atomic mass is 10.2. The molecule has 0 aromatic heterocycles. The maximum atomic E-state index is 13.2. The fraction of sp³-hybridized carbons (Fsp3) is 0. The van der Waals surface area contributed by atoms with E-state index in [9.17, 15) is 19.3 Å². The van der Waals surface area contributed by atoms with Gasteiger partial charge in [-0.15, -0.1) is 0 Å². The predicted octanol–water partition coefficient (Wildman–Crippen LogP) is 1.50. The number of halogens is 2. The molecule has 0 aliphatic carbocycles. The van der Waals surface area contributed by atoms with Gasteiger partial charge in [-0.1, -0.05) is 0 Å². The fourth-order valence-corrected chi connectivity index (χ4v) is 1.39. The Balaban J connectivity index is 3.03. The van der Waals surface area contributed by atoms with Gasteiger partial charge in [0.25, 0.3) is 0 Å². The van der Waals surface area contributed by atoms with Crippen molar-refractivity contribution in [2.24, 2.45) is 10.8 Å². The van der Waals surface area contributed by atoms with Crippen LogP contribution in [0.1, 0.15) is 5.56 Å². The molecule has 0 fully saturated rings. The summed E-state index contributed by atoms with van der Waals surface area (Å²) in [6.45, 7) is 0. The zero-order valence-corrected chi connectivity index (χ0v) is 9.77. The monoisotopic (exact) mass is 304 g/mol. The number of carbonyl (C=O) groups excluding carboxylic acids is 1. The number of urea groups is 1. The van der Waals surface area contributed by atoms with Gasteiger partial charge in [0.15, 0.2) is 0 Å². The van der Waals surface area contributed by atoms with Gasteiger partial charge in [0.05, 0.1) is 11.1 Å². The summed E-state index contributed by atoms with van der Waals surface area (Å²) in [5.41, 5.74) is 6.23. The van der Waals surface area contributed by atoms with E-state index < -0.39 is 22.5 Å². The molecule has 0 heterocycles. The van der Waals surface area contributed by atoms with Crippen molar-refractivity contribution in [3.8, 4) is 0 Å². The van der Waals surface area contributed by atoms with Crippen LogP contribution in [0.4, 0.5) is 14.9 Å². The normalized spacial score (nSPS) is 10.5. The Morgan fingerprint density at radius 2 is 2.29 bits per heavy atom. The second kappa shape index (κ2) is 5.34. The molecule has 1 rings (SSSR count). The number of nitro groups is 1. The molecule has 0 aliphatic heterocycles. The first kappa shape index (κ1) is 13.0. The van der Waals surface area contributed by atoms with Crippen LogP contribution in [0.15, 0.2) is 21.7 Å². The molecule has 9 heteroatoms. The van der Waals surface area contributed by atoms with E-state index in [-0.39, 0.29) is 10.0 Å². The summed E-state index contributed by atoms with van der Waals surface area (Å²) >= 11 is 3.01. The molecule has 7 nitrogen and oxygen atoms in total. The summed E-state index contributed by atoms with van der Waals surface area (Å²) in [4.78, 5) is 19.9. The molecule has 2 amide bonds. The third-order valence-electron chi connectivity index (χ3n) is 1.64. The third-order valence-corrected chi connectivity index (χ3v) is 2.33. The highest BCUT2D eigenvalue weighted by atomic mass is 79.9. The topological polar surface area (TPSA) is 111 Å². The zero-order chi connectivity index (χ0) is 13.0. The minimum absolute atomic E-state index is 0.224. The molecule has 1 aromatic rings. The van der Waals surface area contributed by atoms with E-state index in [4.69, 9.17) is 5.73 Å². The molecule has 0 spiro atoms. The van der Waals surface area contributed by atoms with E-state index in [2.05, 4.69) is 21.0 Å². The standard InChI is InChI=1S/C8H6BrFN4O3/c9-5-2-7(14(16)17)6(10)1-4(5)3-12-13-8(11)15/h1-3H,(H3,11,13,15). The van der Waals surface area contributed by atoms with Gasteiger partial charge in [0, 0.05) is 16.1 Å². The van der Waals surface area contributed by atoms with Crippen molar-refractivity contribution in [2.75, 3.05) is 0 Å². The number of nitrogens with one attached hydrogen (secondary N) is 1. The van der Waals surface area contributed by atoms with Crippen LogP contribution in [0.5, 0.6) is 0 Å². The van der Waals surface area contributed by atoms with Gasteiger partial charge < -0.3 is 5.73 Å². The Hall–Kier alpha value is -2.03. The molecule has 17 heavy (non-hydrogen) atoms. The number of benzene rings is 1. The first-order chi connectivity index (χ1) is 7.91. The van der Waals surface area contributed by atoms with E-state index in [0.29, 0.717) is 0 Å². The number of nitrogens with zero attached hydrogens (tertiary/aromatic N) is 2. The first-order valence-electron chi connectivity index (χ1n) is 4.13. The number of hydrazone groups is 1. The number of amides is 2. The van der Waals surface area contributed by atoms with Crippen molar-refractivity contribution in [1.82, 2.24) is 5.43 Å². The molecule has 0 aliphatic rings. The smallest absolute Gasteiger partial charge is 0.332 e. The molecule has 90 valence electrons. The molecule has 0 unspecified atom stereocenters. The highest BCUT2D eigenvalue weighted by Crippen LogP contribution is 2.25. The second-order valence-corrected chi connectivity index (χ2v) is 3.67. The van der Waals surface area contributed by atoms with Gasteiger partial charge in [0.1, 0.15) is 0 Å². The van der Waals surface area contributed by atoms with Crippen molar-refractivity contribution < 1.29 is 14.1 Å². The van der Waals surface area contributed by atoms with E-state index in [1.807, 2.05) is 5.43 Å². The summed E-state index contributed by atoms with van der Waals surface area (Å²) in [6, 6.07) is 1.04. The number of rotatable bonds is 3. The van der Waals surface area contributed by atoms with Crippen molar-refractivity contribution in [1.29, 1.82) is 0 Å². The molecule has 0 atom stereocenters. The summed E-state index contributed by atoms with van der Waals surface area (Å²) in [5.74, 6) is -1.00. The highest BCUT2D eigenvalue weighted by molar-refractivity contribution is 9.10. The molecule has 0 bridgehead atoms. The van der Waals surface area contributed by atoms with Gasteiger partial charge in [0.2, 0.25) is 5.82 Å². The molecular formula is C8H6BrFN4O3. The molecular weight excluding hydrogens is 299 g/mol. The van der Waals surface area contributed by atoms with Gasteiger partial charge in [-0.25, -0.2) is 10.2 Å². The van der Waals surface area contributed by atoms with Crippen LogP contribution in [0.25, 0.3) is 0 Å². The van der Waals surface area contributed by atoms with Crippen LogP contribution in [-0.2, 0) is 0 Å². The predicted molar refractivity (Wildman–Crippen MR) is 61.1 cm³/mol. The second-order valence-electron chi connectivity index (χ2n) is 2.82. The van der Waals surface area contributed by atoms with Crippen LogP contribution in [-0.4, -0.2) is 17.2 Å². The first-order valence-corrected chi connectivity index (χ1v) is 4.93. The quantitative estimate of drug-likeness (QED) is 0.501. The Morgan fingerprint density at radius 1 is 1.65 bits per heavy atom. The molecule has 0 saturated carbocycles. The van der Waals surface area contributed by atoms with Crippen LogP contribution >= 0.6 is 15.9 Å². The van der Waals surface area contributed by atoms with Crippen molar-refractivity contribution in [3.63, 3.8) is 0 Å². The zero-order valence-electron chi connectivity index (χ0n) is 8.18. The van der Waals surface area contributed by atoms with Crippen LogP contribution in [0.2, 0.25) is 0 Å². The van der Waals surface area contributed by atoms with Crippen LogP contribution < -0.4 is 11.2 Å². The van der Waals surface area contributed by atoms with Crippen LogP contribution in [0.3, 0.4) is 0 Å². The number of nitro benzene ring substituents is 1. The van der Waals surface area contributed by atoms with Gasteiger partial charge in [-0.2, -0.15) is 9.49 Å². The van der Waals surface area contributed by atoms with Crippen molar-refractivity contribution >= 4 is 33.9 Å². The van der Waals surface area contributed by atoms with E-state index in [1.165, 1.54) is 0 Å². The number of primary amides is 1.